The van der Waals surface area contributed by atoms with Crippen LogP contribution >= 0.6 is 11.3 Å². The van der Waals surface area contributed by atoms with E-state index in [-0.39, 0.29) is 18.1 Å². The fraction of sp³-hybridized carbons (Fsp3) is 0.450. The molecule has 0 saturated carbocycles. The predicted molar refractivity (Wildman–Crippen MR) is 102 cm³/mol. The standard InChI is InChI=1S/C20H26N2O2S/c1-2-4-14-6-8-15(9-7-14)19(18-5-3-12-25-18)22-20(23)17-11-10-16(13-21)24-17/h3,5-9,12,16-17,19H,2,4,10-11,13,21H2,1H3,(H,22,23)/t16-,17+,19?/m1/s1. The van der Waals surface area contributed by atoms with Gasteiger partial charge in [-0.3, -0.25) is 4.79 Å². The second-order valence-corrected chi connectivity index (χ2v) is 7.49. The van der Waals surface area contributed by atoms with Crippen LogP contribution in [0.4, 0.5) is 0 Å². The first-order chi connectivity index (χ1) is 12.2. The zero-order valence-corrected chi connectivity index (χ0v) is 15.4. The van der Waals surface area contributed by atoms with Gasteiger partial charge in [0.15, 0.2) is 0 Å². The number of hydrogen-bond acceptors (Lipinski definition) is 4. The molecule has 0 bridgehead atoms. The molecular formula is C20H26N2O2S. The maximum Gasteiger partial charge on any atom is 0.249 e. The van der Waals surface area contributed by atoms with Gasteiger partial charge in [0.25, 0.3) is 0 Å². The summed E-state index contributed by atoms with van der Waals surface area (Å²) in [6.45, 7) is 2.65. The van der Waals surface area contributed by atoms with E-state index in [1.807, 2.05) is 11.4 Å². The minimum absolute atomic E-state index is 0.00395. The molecule has 1 amide bonds. The molecule has 1 fully saturated rings. The SMILES string of the molecule is CCCc1ccc(C(NC(=O)[C@@H]2CC[C@H](CN)O2)c2cccs2)cc1. The van der Waals surface area contributed by atoms with Crippen molar-refractivity contribution in [3.63, 3.8) is 0 Å². The smallest absolute Gasteiger partial charge is 0.249 e. The van der Waals surface area contributed by atoms with E-state index in [2.05, 4.69) is 42.6 Å². The van der Waals surface area contributed by atoms with Crippen molar-refractivity contribution >= 4 is 17.2 Å². The van der Waals surface area contributed by atoms with E-state index in [0.29, 0.717) is 6.54 Å². The Balaban J connectivity index is 1.75. The van der Waals surface area contributed by atoms with E-state index in [9.17, 15) is 4.79 Å². The second kappa shape index (κ2) is 8.61. The third-order valence-corrected chi connectivity index (χ3v) is 5.57. The summed E-state index contributed by atoms with van der Waals surface area (Å²) < 4.78 is 5.74. The average Bonchev–Trinajstić information content (AvgIpc) is 3.32. The molecule has 25 heavy (non-hydrogen) atoms. The normalized spacial score (nSPS) is 21.2. The van der Waals surface area contributed by atoms with Gasteiger partial charge < -0.3 is 15.8 Å². The Hall–Kier alpha value is -1.69. The van der Waals surface area contributed by atoms with Crippen LogP contribution < -0.4 is 11.1 Å². The summed E-state index contributed by atoms with van der Waals surface area (Å²) in [5.74, 6) is -0.0491. The van der Waals surface area contributed by atoms with Crippen LogP contribution in [0.1, 0.15) is 48.2 Å². The van der Waals surface area contributed by atoms with E-state index in [1.54, 1.807) is 11.3 Å². The lowest BCUT2D eigenvalue weighted by atomic mass is 10.0. The molecule has 1 saturated heterocycles. The van der Waals surface area contributed by atoms with Gasteiger partial charge in [-0.1, -0.05) is 43.7 Å². The van der Waals surface area contributed by atoms with Crippen LogP contribution in [-0.4, -0.2) is 24.7 Å². The third kappa shape index (κ3) is 4.48. The zero-order valence-electron chi connectivity index (χ0n) is 14.6. The van der Waals surface area contributed by atoms with E-state index < -0.39 is 6.10 Å². The molecule has 1 unspecified atom stereocenters. The van der Waals surface area contributed by atoms with Crippen molar-refractivity contribution in [2.45, 2.75) is 50.9 Å². The Labute approximate surface area is 153 Å². The van der Waals surface area contributed by atoms with Gasteiger partial charge in [0.2, 0.25) is 5.91 Å². The number of benzene rings is 1. The Morgan fingerprint density at radius 1 is 1.32 bits per heavy atom. The third-order valence-electron chi connectivity index (χ3n) is 4.63. The second-order valence-electron chi connectivity index (χ2n) is 6.51. The number of thiophene rings is 1. The van der Waals surface area contributed by atoms with Crippen LogP contribution in [0.5, 0.6) is 0 Å². The maximum absolute atomic E-state index is 12.7. The fourth-order valence-electron chi connectivity index (χ4n) is 3.25. The first-order valence-electron chi connectivity index (χ1n) is 8.99. The number of carbonyl (C=O) groups is 1. The zero-order chi connectivity index (χ0) is 17.6. The van der Waals surface area contributed by atoms with Gasteiger partial charge in [-0.15, -0.1) is 11.3 Å². The number of hydrogen-bond donors (Lipinski definition) is 2. The molecule has 0 aliphatic carbocycles. The average molecular weight is 359 g/mol. The Morgan fingerprint density at radius 2 is 2.12 bits per heavy atom. The lowest BCUT2D eigenvalue weighted by Crippen LogP contribution is -2.38. The molecule has 1 aromatic carbocycles. The van der Waals surface area contributed by atoms with Crippen molar-refractivity contribution in [1.29, 1.82) is 0 Å². The summed E-state index contributed by atoms with van der Waals surface area (Å²) >= 11 is 1.65. The van der Waals surface area contributed by atoms with Crippen molar-refractivity contribution in [1.82, 2.24) is 5.32 Å². The number of amides is 1. The molecule has 1 aliphatic heterocycles. The lowest BCUT2D eigenvalue weighted by Gasteiger charge is -2.21. The molecule has 2 aromatic rings. The van der Waals surface area contributed by atoms with Crippen LogP contribution in [0.15, 0.2) is 41.8 Å². The van der Waals surface area contributed by atoms with Gasteiger partial charge in [0.1, 0.15) is 6.10 Å². The molecule has 1 aromatic heterocycles. The highest BCUT2D eigenvalue weighted by Gasteiger charge is 2.31. The van der Waals surface area contributed by atoms with Crippen molar-refractivity contribution in [3.8, 4) is 0 Å². The highest BCUT2D eigenvalue weighted by Crippen LogP contribution is 2.28. The monoisotopic (exact) mass is 358 g/mol. The van der Waals surface area contributed by atoms with Gasteiger partial charge in [-0.2, -0.15) is 0 Å². The molecule has 4 nitrogen and oxygen atoms in total. The van der Waals surface area contributed by atoms with E-state index in [4.69, 9.17) is 10.5 Å². The summed E-state index contributed by atoms with van der Waals surface area (Å²) in [5.41, 5.74) is 8.08. The van der Waals surface area contributed by atoms with E-state index in [0.717, 1.165) is 36.1 Å². The summed E-state index contributed by atoms with van der Waals surface area (Å²) in [6, 6.07) is 12.5. The van der Waals surface area contributed by atoms with Gasteiger partial charge in [0.05, 0.1) is 12.1 Å². The minimum Gasteiger partial charge on any atom is -0.364 e. The fourth-order valence-corrected chi connectivity index (χ4v) is 4.05. The van der Waals surface area contributed by atoms with Crippen molar-refractivity contribution in [3.05, 3.63) is 57.8 Å². The van der Waals surface area contributed by atoms with Gasteiger partial charge in [-0.05, 0) is 41.8 Å². The summed E-state index contributed by atoms with van der Waals surface area (Å²) in [6.07, 6.45) is 3.41. The molecule has 3 N–H and O–H groups in total. The van der Waals surface area contributed by atoms with Crippen molar-refractivity contribution in [2.75, 3.05) is 6.54 Å². The molecule has 0 radical (unpaired) electrons. The number of aryl methyl sites for hydroxylation is 1. The lowest BCUT2D eigenvalue weighted by molar-refractivity contribution is -0.132. The molecule has 134 valence electrons. The molecule has 2 heterocycles. The maximum atomic E-state index is 12.7. The molecule has 1 aliphatic rings. The van der Waals surface area contributed by atoms with Gasteiger partial charge >= 0.3 is 0 Å². The van der Waals surface area contributed by atoms with Crippen molar-refractivity contribution < 1.29 is 9.53 Å². The Kier molecular flexibility index (Phi) is 6.24. The summed E-state index contributed by atoms with van der Waals surface area (Å²) in [7, 11) is 0. The van der Waals surface area contributed by atoms with Gasteiger partial charge in [0, 0.05) is 11.4 Å². The number of ether oxygens (including phenoxy) is 1. The Morgan fingerprint density at radius 3 is 2.72 bits per heavy atom. The molecular weight excluding hydrogens is 332 g/mol. The predicted octanol–water partition coefficient (Wildman–Crippen LogP) is 3.41. The van der Waals surface area contributed by atoms with Crippen LogP contribution in [0.25, 0.3) is 0 Å². The quantitative estimate of drug-likeness (QED) is 0.797. The number of carbonyl (C=O) groups excluding carboxylic acids is 1. The topological polar surface area (TPSA) is 64.4 Å². The van der Waals surface area contributed by atoms with Crippen LogP contribution in [0.3, 0.4) is 0 Å². The Bertz CT molecular complexity index is 670. The van der Waals surface area contributed by atoms with Crippen molar-refractivity contribution in [2.24, 2.45) is 5.73 Å². The number of rotatable bonds is 7. The molecule has 3 atom stereocenters. The van der Waals surface area contributed by atoms with Crippen LogP contribution in [-0.2, 0) is 16.0 Å². The largest absolute Gasteiger partial charge is 0.364 e. The highest BCUT2D eigenvalue weighted by molar-refractivity contribution is 7.10. The minimum atomic E-state index is -0.393. The first-order valence-corrected chi connectivity index (χ1v) is 9.87. The highest BCUT2D eigenvalue weighted by atomic mass is 32.1. The first kappa shape index (κ1) is 18.1. The summed E-state index contributed by atoms with van der Waals surface area (Å²) in [5, 5.41) is 5.22. The summed E-state index contributed by atoms with van der Waals surface area (Å²) in [4.78, 5) is 13.8. The molecule has 5 heteroatoms. The number of nitrogens with two attached hydrogens (primary N) is 1. The van der Waals surface area contributed by atoms with E-state index >= 15 is 0 Å². The van der Waals surface area contributed by atoms with E-state index in [1.165, 1.54) is 5.56 Å². The molecule has 0 spiro atoms. The van der Waals surface area contributed by atoms with Crippen LogP contribution in [0, 0.1) is 0 Å². The van der Waals surface area contributed by atoms with Crippen LogP contribution in [0.2, 0.25) is 0 Å². The number of nitrogens with one attached hydrogen (secondary N) is 1. The van der Waals surface area contributed by atoms with Gasteiger partial charge in [-0.25, -0.2) is 0 Å². The molecule has 3 rings (SSSR count).